The molecule has 1 saturated heterocycles. The fraction of sp³-hybridized carbons (Fsp3) is 0.375. The van der Waals surface area contributed by atoms with Crippen LogP contribution in [0.25, 0.3) is 11.7 Å². The number of nitrogens with zero attached hydrogens (tertiary/aromatic N) is 5. The number of hydrogen-bond acceptors (Lipinski definition) is 7. The quantitative estimate of drug-likeness (QED) is 0.726. The molecular weight excluding hydrogens is 363 g/mol. The monoisotopic (exact) mass is 380 g/mol. The van der Waals surface area contributed by atoms with E-state index in [1.807, 2.05) is 4.68 Å². The Kier molecular flexibility index (Phi) is 5.79. The number of para-hydroxylation sites is 1. The summed E-state index contributed by atoms with van der Waals surface area (Å²) in [6, 6.07) is 6.43. The SMILES string of the molecule is Cl.Fc1ccccc1OCc1noc(-c2ncn(C3CCCNC3)n2)n1. The maximum absolute atomic E-state index is 13.5. The van der Waals surface area contributed by atoms with Crippen molar-refractivity contribution in [2.24, 2.45) is 0 Å². The van der Waals surface area contributed by atoms with E-state index in [9.17, 15) is 4.39 Å². The highest BCUT2D eigenvalue weighted by Gasteiger charge is 2.19. The van der Waals surface area contributed by atoms with Gasteiger partial charge in [-0.25, -0.2) is 14.1 Å². The van der Waals surface area contributed by atoms with Crippen molar-refractivity contribution in [1.29, 1.82) is 0 Å². The van der Waals surface area contributed by atoms with E-state index in [1.54, 1.807) is 18.5 Å². The Bertz CT molecular complexity index is 849. The van der Waals surface area contributed by atoms with Gasteiger partial charge in [0.05, 0.1) is 6.04 Å². The molecule has 2 aromatic heterocycles. The maximum atomic E-state index is 13.5. The topological polar surface area (TPSA) is 90.9 Å². The van der Waals surface area contributed by atoms with Crippen LogP contribution in [-0.4, -0.2) is 38.0 Å². The Morgan fingerprint density at radius 3 is 3.04 bits per heavy atom. The molecule has 0 spiro atoms. The fourth-order valence-corrected chi connectivity index (χ4v) is 2.72. The summed E-state index contributed by atoms with van der Waals surface area (Å²) in [5.74, 6) is 0.590. The highest BCUT2D eigenvalue weighted by Crippen LogP contribution is 2.19. The van der Waals surface area contributed by atoms with Crippen molar-refractivity contribution < 1.29 is 13.7 Å². The van der Waals surface area contributed by atoms with Gasteiger partial charge in [0, 0.05) is 6.54 Å². The molecule has 4 rings (SSSR count). The summed E-state index contributed by atoms with van der Waals surface area (Å²) in [4.78, 5) is 8.44. The van der Waals surface area contributed by atoms with Gasteiger partial charge in [0.15, 0.2) is 18.2 Å². The minimum atomic E-state index is -0.437. The van der Waals surface area contributed by atoms with Gasteiger partial charge in [0.2, 0.25) is 11.6 Å². The number of benzene rings is 1. The lowest BCUT2D eigenvalue weighted by Crippen LogP contribution is -2.31. The van der Waals surface area contributed by atoms with Crippen LogP contribution in [0.15, 0.2) is 35.1 Å². The molecule has 8 nitrogen and oxygen atoms in total. The van der Waals surface area contributed by atoms with Crippen LogP contribution in [0.5, 0.6) is 5.75 Å². The molecule has 1 fully saturated rings. The van der Waals surface area contributed by atoms with Crippen molar-refractivity contribution in [3.8, 4) is 17.5 Å². The van der Waals surface area contributed by atoms with E-state index in [4.69, 9.17) is 9.26 Å². The van der Waals surface area contributed by atoms with Gasteiger partial charge in [0.25, 0.3) is 5.89 Å². The van der Waals surface area contributed by atoms with Crippen molar-refractivity contribution in [3.05, 3.63) is 42.2 Å². The van der Waals surface area contributed by atoms with Crippen molar-refractivity contribution in [2.45, 2.75) is 25.5 Å². The first kappa shape index (κ1) is 18.3. The molecule has 138 valence electrons. The molecule has 1 unspecified atom stereocenters. The average Bonchev–Trinajstić information content (AvgIpc) is 3.31. The molecule has 1 aliphatic rings. The number of piperidine rings is 1. The number of ether oxygens (including phenoxy) is 1. The Morgan fingerprint density at radius 1 is 1.35 bits per heavy atom. The molecule has 1 N–H and O–H groups in total. The van der Waals surface area contributed by atoms with E-state index in [-0.39, 0.29) is 36.7 Å². The summed E-state index contributed by atoms with van der Waals surface area (Å²) in [6.07, 6.45) is 3.84. The van der Waals surface area contributed by atoms with Gasteiger partial charge in [-0.05, 0) is 31.5 Å². The number of halogens is 2. The molecule has 26 heavy (non-hydrogen) atoms. The number of rotatable bonds is 5. The van der Waals surface area contributed by atoms with E-state index in [0.717, 1.165) is 25.9 Å². The molecule has 1 aliphatic heterocycles. The lowest BCUT2D eigenvalue weighted by molar-refractivity contribution is 0.274. The van der Waals surface area contributed by atoms with E-state index < -0.39 is 5.82 Å². The molecule has 1 atom stereocenters. The third-order valence-electron chi connectivity index (χ3n) is 4.01. The van der Waals surface area contributed by atoms with Crippen molar-refractivity contribution in [1.82, 2.24) is 30.2 Å². The molecule has 0 radical (unpaired) electrons. The van der Waals surface area contributed by atoms with Crippen LogP contribution in [-0.2, 0) is 6.61 Å². The normalized spacial score (nSPS) is 16.9. The van der Waals surface area contributed by atoms with Crippen LogP contribution >= 0.6 is 12.4 Å². The van der Waals surface area contributed by atoms with Gasteiger partial charge in [0.1, 0.15) is 6.33 Å². The van der Waals surface area contributed by atoms with Crippen LogP contribution in [0.1, 0.15) is 24.7 Å². The predicted molar refractivity (Wildman–Crippen MR) is 92.4 cm³/mol. The number of hydrogen-bond donors (Lipinski definition) is 1. The van der Waals surface area contributed by atoms with Gasteiger partial charge in [-0.15, -0.1) is 17.5 Å². The summed E-state index contributed by atoms with van der Waals surface area (Å²) in [5, 5.41) is 11.6. The minimum absolute atomic E-state index is 0. The Balaban J connectivity index is 0.00000196. The summed E-state index contributed by atoms with van der Waals surface area (Å²) >= 11 is 0. The van der Waals surface area contributed by atoms with Crippen LogP contribution in [0, 0.1) is 5.82 Å². The van der Waals surface area contributed by atoms with Gasteiger partial charge in [-0.3, -0.25) is 0 Å². The zero-order valence-corrected chi connectivity index (χ0v) is 14.7. The highest BCUT2D eigenvalue weighted by atomic mass is 35.5. The zero-order chi connectivity index (χ0) is 17.1. The second-order valence-corrected chi connectivity index (χ2v) is 5.78. The largest absolute Gasteiger partial charge is 0.482 e. The second-order valence-electron chi connectivity index (χ2n) is 5.78. The third-order valence-corrected chi connectivity index (χ3v) is 4.01. The van der Waals surface area contributed by atoms with Crippen molar-refractivity contribution >= 4 is 12.4 Å². The van der Waals surface area contributed by atoms with E-state index >= 15 is 0 Å². The molecular formula is C16H18ClFN6O2. The van der Waals surface area contributed by atoms with Crippen LogP contribution in [0.2, 0.25) is 0 Å². The smallest absolute Gasteiger partial charge is 0.297 e. The zero-order valence-electron chi connectivity index (χ0n) is 13.8. The molecule has 0 aliphatic carbocycles. The average molecular weight is 381 g/mol. The molecule has 0 bridgehead atoms. The van der Waals surface area contributed by atoms with Crippen molar-refractivity contribution in [2.75, 3.05) is 13.1 Å². The van der Waals surface area contributed by atoms with E-state index in [1.165, 1.54) is 12.1 Å². The van der Waals surface area contributed by atoms with Crippen LogP contribution in [0.4, 0.5) is 4.39 Å². The molecule has 10 heteroatoms. The Hall–Kier alpha value is -2.52. The lowest BCUT2D eigenvalue weighted by atomic mass is 10.1. The van der Waals surface area contributed by atoms with Crippen LogP contribution in [0.3, 0.4) is 0 Å². The van der Waals surface area contributed by atoms with E-state index in [2.05, 4.69) is 25.5 Å². The standard InChI is InChI=1S/C16H17FN6O2.ClH/c17-12-5-1-2-6-13(12)24-9-14-20-16(25-22-14)15-19-10-23(21-15)11-4-3-7-18-8-11;/h1-2,5-6,10-11,18H,3-4,7-9H2;1H. The number of nitrogens with one attached hydrogen (secondary N) is 1. The highest BCUT2D eigenvalue weighted by molar-refractivity contribution is 5.85. The molecule has 0 saturated carbocycles. The Morgan fingerprint density at radius 2 is 2.23 bits per heavy atom. The lowest BCUT2D eigenvalue weighted by Gasteiger charge is -2.22. The third kappa shape index (κ3) is 4.00. The van der Waals surface area contributed by atoms with E-state index in [0.29, 0.717) is 11.6 Å². The summed E-state index contributed by atoms with van der Waals surface area (Å²) in [7, 11) is 0. The van der Waals surface area contributed by atoms with Gasteiger partial charge < -0.3 is 14.6 Å². The Labute approximate surface area is 155 Å². The fourth-order valence-electron chi connectivity index (χ4n) is 2.72. The molecule has 3 heterocycles. The minimum Gasteiger partial charge on any atom is -0.482 e. The summed E-state index contributed by atoms with van der Waals surface area (Å²) in [5.41, 5.74) is 0. The summed E-state index contributed by atoms with van der Waals surface area (Å²) in [6.45, 7) is 1.90. The first-order chi connectivity index (χ1) is 12.3. The van der Waals surface area contributed by atoms with Gasteiger partial charge in [-0.1, -0.05) is 17.3 Å². The molecule has 1 aromatic carbocycles. The number of aromatic nitrogens is 5. The maximum Gasteiger partial charge on any atom is 0.297 e. The molecule has 0 amide bonds. The summed E-state index contributed by atoms with van der Waals surface area (Å²) < 4.78 is 25.9. The first-order valence-corrected chi connectivity index (χ1v) is 8.12. The van der Waals surface area contributed by atoms with Gasteiger partial charge in [-0.2, -0.15) is 4.98 Å². The predicted octanol–water partition coefficient (Wildman–Crippen LogP) is 2.39. The first-order valence-electron chi connectivity index (χ1n) is 8.12. The molecule has 3 aromatic rings. The van der Waals surface area contributed by atoms with Crippen molar-refractivity contribution in [3.63, 3.8) is 0 Å². The van der Waals surface area contributed by atoms with Crippen LogP contribution < -0.4 is 10.1 Å². The second kappa shape index (κ2) is 8.24. The van der Waals surface area contributed by atoms with Gasteiger partial charge >= 0.3 is 0 Å².